The van der Waals surface area contributed by atoms with E-state index in [9.17, 15) is 9.59 Å². The minimum atomic E-state index is -0.514. The lowest BCUT2D eigenvalue weighted by Crippen LogP contribution is -2.43. The quantitative estimate of drug-likeness (QED) is 0.900. The maximum absolute atomic E-state index is 12.5. The molecule has 25 heavy (non-hydrogen) atoms. The fraction of sp³-hybridized carbons (Fsp3) is 0.263. The fourth-order valence-corrected chi connectivity index (χ4v) is 2.79. The third-order valence-corrected chi connectivity index (χ3v) is 4.20. The number of rotatable bonds is 4. The highest BCUT2D eigenvalue weighted by molar-refractivity contribution is 6.02. The number of aryl methyl sites for hydroxylation is 1. The highest BCUT2D eigenvalue weighted by Gasteiger charge is 2.33. The van der Waals surface area contributed by atoms with Gasteiger partial charge >= 0.3 is 6.03 Å². The van der Waals surface area contributed by atoms with Crippen LogP contribution in [0.25, 0.3) is 0 Å². The summed E-state index contributed by atoms with van der Waals surface area (Å²) in [5, 5.41) is 5.47. The third-order valence-electron chi connectivity index (χ3n) is 4.20. The standard InChI is InChI=1S/C19H21N3O3/c1-13-3-7-15(8-4-13)22-12-11-17(18(22)23)21-19(24)20-14-5-9-16(25-2)10-6-14/h3-10,17H,11-12H2,1-2H3,(H2,20,21,24)/t17-/m0/s1. The van der Waals surface area contributed by atoms with E-state index < -0.39 is 12.1 Å². The van der Waals surface area contributed by atoms with Crippen LogP contribution in [-0.4, -0.2) is 31.6 Å². The van der Waals surface area contributed by atoms with Crippen molar-refractivity contribution in [2.24, 2.45) is 0 Å². The summed E-state index contributed by atoms with van der Waals surface area (Å²) in [6.45, 7) is 2.60. The van der Waals surface area contributed by atoms with Gasteiger partial charge < -0.3 is 20.3 Å². The number of hydrogen-bond donors (Lipinski definition) is 2. The molecule has 1 atom stereocenters. The Hall–Kier alpha value is -3.02. The zero-order valence-corrected chi connectivity index (χ0v) is 14.3. The number of benzene rings is 2. The molecule has 3 rings (SSSR count). The normalized spacial score (nSPS) is 16.6. The van der Waals surface area contributed by atoms with E-state index in [2.05, 4.69) is 10.6 Å². The lowest BCUT2D eigenvalue weighted by molar-refractivity contribution is -0.118. The molecule has 0 unspecified atom stereocenters. The van der Waals surface area contributed by atoms with Crippen molar-refractivity contribution in [3.05, 3.63) is 54.1 Å². The van der Waals surface area contributed by atoms with Crippen LogP contribution < -0.4 is 20.3 Å². The Morgan fingerprint density at radius 3 is 2.44 bits per heavy atom. The lowest BCUT2D eigenvalue weighted by Gasteiger charge is -2.17. The Kier molecular flexibility index (Phi) is 4.88. The molecule has 1 aliphatic heterocycles. The van der Waals surface area contributed by atoms with Crippen molar-refractivity contribution in [2.75, 3.05) is 23.9 Å². The predicted octanol–water partition coefficient (Wildman–Crippen LogP) is 2.93. The molecule has 130 valence electrons. The Labute approximate surface area is 146 Å². The van der Waals surface area contributed by atoms with Gasteiger partial charge in [0.2, 0.25) is 5.91 Å². The number of amides is 3. The number of ether oxygens (including phenoxy) is 1. The molecular weight excluding hydrogens is 318 g/mol. The molecule has 1 saturated heterocycles. The zero-order valence-electron chi connectivity index (χ0n) is 14.3. The van der Waals surface area contributed by atoms with Crippen LogP contribution in [0.1, 0.15) is 12.0 Å². The summed E-state index contributed by atoms with van der Waals surface area (Å²) >= 11 is 0. The molecule has 1 aliphatic rings. The number of nitrogens with one attached hydrogen (secondary N) is 2. The van der Waals surface area contributed by atoms with E-state index in [4.69, 9.17) is 4.74 Å². The summed E-state index contributed by atoms with van der Waals surface area (Å²) in [6.07, 6.45) is 0.586. The van der Waals surface area contributed by atoms with Crippen molar-refractivity contribution in [1.82, 2.24) is 5.32 Å². The zero-order chi connectivity index (χ0) is 17.8. The van der Waals surface area contributed by atoms with Crippen molar-refractivity contribution < 1.29 is 14.3 Å². The van der Waals surface area contributed by atoms with Gasteiger partial charge in [-0.1, -0.05) is 17.7 Å². The SMILES string of the molecule is COc1ccc(NC(=O)N[C@H]2CCN(c3ccc(C)cc3)C2=O)cc1. The Bertz CT molecular complexity index is 756. The molecule has 0 radical (unpaired) electrons. The van der Waals surface area contributed by atoms with Crippen LogP contribution in [0.4, 0.5) is 16.2 Å². The first kappa shape index (κ1) is 16.8. The molecule has 0 aromatic heterocycles. The number of anilines is 2. The molecular formula is C19H21N3O3. The van der Waals surface area contributed by atoms with E-state index in [1.807, 2.05) is 31.2 Å². The van der Waals surface area contributed by atoms with Crippen LogP contribution in [0.15, 0.2) is 48.5 Å². The van der Waals surface area contributed by atoms with Gasteiger partial charge in [-0.05, 0) is 49.7 Å². The minimum Gasteiger partial charge on any atom is -0.497 e. The summed E-state index contributed by atoms with van der Waals surface area (Å²) < 4.78 is 5.08. The second-order valence-corrected chi connectivity index (χ2v) is 5.99. The smallest absolute Gasteiger partial charge is 0.319 e. The van der Waals surface area contributed by atoms with Gasteiger partial charge in [0.05, 0.1) is 7.11 Å². The average Bonchev–Trinajstić information content (AvgIpc) is 2.97. The molecule has 3 amide bonds. The lowest BCUT2D eigenvalue weighted by atomic mass is 10.2. The maximum Gasteiger partial charge on any atom is 0.319 e. The van der Waals surface area contributed by atoms with Crippen molar-refractivity contribution in [2.45, 2.75) is 19.4 Å². The van der Waals surface area contributed by atoms with Gasteiger partial charge in [-0.25, -0.2) is 4.79 Å². The van der Waals surface area contributed by atoms with Gasteiger partial charge in [0.15, 0.2) is 0 Å². The molecule has 0 bridgehead atoms. The fourth-order valence-electron chi connectivity index (χ4n) is 2.79. The van der Waals surface area contributed by atoms with Gasteiger partial charge in [0.1, 0.15) is 11.8 Å². The van der Waals surface area contributed by atoms with Crippen LogP contribution in [-0.2, 0) is 4.79 Å². The van der Waals surface area contributed by atoms with Crippen LogP contribution in [0.2, 0.25) is 0 Å². The number of nitrogens with zero attached hydrogens (tertiary/aromatic N) is 1. The molecule has 6 heteroatoms. The highest BCUT2D eigenvalue weighted by Crippen LogP contribution is 2.22. The number of methoxy groups -OCH3 is 1. The first-order valence-corrected chi connectivity index (χ1v) is 8.16. The summed E-state index contributed by atoms with van der Waals surface area (Å²) in [4.78, 5) is 26.4. The molecule has 2 aromatic rings. The van der Waals surface area contributed by atoms with E-state index in [0.29, 0.717) is 24.4 Å². The van der Waals surface area contributed by atoms with Gasteiger partial charge in [0, 0.05) is 17.9 Å². The first-order chi connectivity index (χ1) is 12.1. The topological polar surface area (TPSA) is 70.7 Å². The molecule has 0 spiro atoms. The van der Waals surface area contributed by atoms with Gasteiger partial charge in [-0.2, -0.15) is 0 Å². The largest absolute Gasteiger partial charge is 0.497 e. The molecule has 1 heterocycles. The Morgan fingerprint density at radius 2 is 1.80 bits per heavy atom. The highest BCUT2D eigenvalue weighted by atomic mass is 16.5. The van der Waals surface area contributed by atoms with Crippen molar-refractivity contribution in [1.29, 1.82) is 0 Å². The van der Waals surface area contributed by atoms with E-state index in [1.54, 1.807) is 36.3 Å². The van der Waals surface area contributed by atoms with Gasteiger partial charge in [-0.15, -0.1) is 0 Å². The van der Waals surface area contributed by atoms with Gasteiger partial charge in [0.25, 0.3) is 0 Å². The number of carbonyl (C=O) groups is 2. The van der Waals surface area contributed by atoms with Crippen LogP contribution in [0.3, 0.4) is 0 Å². The van der Waals surface area contributed by atoms with E-state index >= 15 is 0 Å². The van der Waals surface area contributed by atoms with Crippen molar-refractivity contribution >= 4 is 23.3 Å². The number of urea groups is 1. The van der Waals surface area contributed by atoms with Crippen LogP contribution in [0.5, 0.6) is 5.75 Å². The minimum absolute atomic E-state index is 0.0891. The summed E-state index contributed by atoms with van der Waals surface area (Å²) in [6, 6.07) is 13.9. The number of hydrogen-bond acceptors (Lipinski definition) is 3. The monoisotopic (exact) mass is 339 g/mol. The summed E-state index contributed by atoms with van der Waals surface area (Å²) in [5.74, 6) is 0.624. The average molecular weight is 339 g/mol. The second-order valence-electron chi connectivity index (χ2n) is 5.99. The van der Waals surface area contributed by atoms with E-state index in [0.717, 1.165) is 11.3 Å². The third kappa shape index (κ3) is 3.91. The van der Waals surface area contributed by atoms with Crippen molar-refractivity contribution in [3.8, 4) is 5.75 Å². The van der Waals surface area contributed by atoms with E-state index in [1.165, 1.54) is 0 Å². The van der Waals surface area contributed by atoms with Crippen molar-refractivity contribution in [3.63, 3.8) is 0 Å². The first-order valence-electron chi connectivity index (χ1n) is 8.16. The Balaban J connectivity index is 1.58. The Morgan fingerprint density at radius 1 is 1.12 bits per heavy atom. The molecule has 1 fully saturated rings. The number of carbonyl (C=O) groups excluding carboxylic acids is 2. The predicted molar refractivity (Wildman–Crippen MR) is 97.1 cm³/mol. The van der Waals surface area contributed by atoms with Crippen LogP contribution in [0, 0.1) is 6.92 Å². The molecule has 2 aromatic carbocycles. The molecule has 0 saturated carbocycles. The van der Waals surface area contributed by atoms with Crippen LogP contribution >= 0.6 is 0 Å². The summed E-state index contributed by atoms with van der Waals surface area (Å²) in [7, 11) is 1.58. The molecule has 6 nitrogen and oxygen atoms in total. The van der Waals surface area contributed by atoms with Gasteiger partial charge in [-0.3, -0.25) is 4.79 Å². The molecule has 2 N–H and O–H groups in total. The maximum atomic E-state index is 12.5. The van der Waals surface area contributed by atoms with E-state index in [-0.39, 0.29) is 5.91 Å². The summed E-state index contributed by atoms with van der Waals surface area (Å²) in [5.41, 5.74) is 2.64. The molecule has 0 aliphatic carbocycles. The second kappa shape index (κ2) is 7.25.